The lowest BCUT2D eigenvalue weighted by molar-refractivity contribution is -0.121. The number of carbonyl (C=O) groups excluding carboxylic acids is 1. The van der Waals surface area contributed by atoms with Crippen molar-refractivity contribution in [3.63, 3.8) is 0 Å². The number of hydrazone groups is 1. The third-order valence-corrected chi connectivity index (χ3v) is 2.32. The topological polar surface area (TPSA) is 50.7 Å². The van der Waals surface area contributed by atoms with Gasteiger partial charge < -0.3 is 4.74 Å². The minimum atomic E-state index is -0.0337. The minimum Gasteiger partial charge on any atom is -0.496 e. The minimum absolute atomic E-state index is 0.0337. The number of hydrogen-bond donors (Lipinski definition) is 1. The van der Waals surface area contributed by atoms with Gasteiger partial charge in [-0.25, -0.2) is 5.43 Å². The highest BCUT2D eigenvalue weighted by Crippen LogP contribution is 2.21. The van der Waals surface area contributed by atoms with Crippen molar-refractivity contribution in [1.29, 1.82) is 0 Å². The van der Waals surface area contributed by atoms with Gasteiger partial charge in [-0.05, 0) is 12.1 Å². The van der Waals surface area contributed by atoms with Gasteiger partial charge in [-0.3, -0.25) is 4.79 Å². The molecular weight excluding hydrogens is 192 g/mol. The predicted molar refractivity (Wildman–Crippen MR) is 56.9 cm³/mol. The fourth-order valence-electron chi connectivity index (χ4n) is 1.55. The van der Waals surface area contributed by atoms with Crippen LogP contribution in [0.1, 0.15) is 18.4 Å². The third kappa shape index (κ3) is 1.98. The van der Waals surface area contributed by atoms with E-state index in [1.54, 1.807) is 7.11 Å². The van der Waals surface area contributed by atoms with Crippen LogP contribution in [0.25, 0.3) is 0 Å². The van der Waals surface area contributed by atoms with E-state index in [2.05, 4.69) is 10.5 Å². The molecule has 2 rings (SSSR count). The van der Waals surface area contributed by atoms with Gasteiger partial charge in [0.15, 0.2) is 0 Å². The lowest BCUT2D eigenvalue weighted by Gasteiger charge is -2.14. The Morgan fingerprint density at radius 3 is 2.80 bits per heavy atom. The van der Waals surface area contributed by atoms with E-state index in [1.165, 1.54) is 0 Å². The van der Waals surface area contributed by atoms with Crippen molar-refractivity contribution in [3.05, 3.63) is 29.8 Å². The maximum Gasteiger partial charge on any atom is 0.240 e. The summed E-state index contributed by atoms with van der Waals surface area (Å²) in [6, 6.07) is 7.66. The van der Waals surface area contributed by atoms with Crippen LogP contribution in [0, 0.1) is 0 Å². The zero-order chi connectivity index (χ0) is 10.7. The Morgan fingerprint density at radius 2 is 2.13 bits per heavy atom. The smallest absolute Gasteiger partial charge is 0.240 e. The molecule has 4 heteroatoms. The Labute approximate surface area is 87.9 Å². The molecule has 1 N–H and O–H groups in total. The van der Waals surface area contributed by atoms with Crippen molar-refractivity contribution in [2.75, 3.05) is 7.11 Å². The SMILES string of the molecule is COc1ccccc1C1=NNC(=O)CC1. The standard InChI is InChI=1S/C11H12N2O2/c1-15-10-5-3-2-4-8(10)9-6-7-11(14)13-12-9/h2-5H,6-7H2,1H3,(H,13,14). The second-order valence-corrected chi connectivity index (χ2v) is 3.29. The van der Waals surface area contributed by atoms with Crippen LogP contribution in [-0.2, 0) is 4.79 Å². The van der Waals surface area contributed by atoms with Gasteiger partial charge >= 0.3 is 0 Å². The van der Waals surface area contributed by atoms with Gasteiger partial charge in [0.25, 0.3) is 0 Å². The van der Waals surface area contributed by atoms with Gasteiger partial charge in [0, 0.05) is 18.4 Å². The Balaban J connectivity index is 2.33. The maximum absolute atomic E-state index is 10.9. The van der Waals surface area contributed by atoms with E-state index in [1.807, 2.05) is 24.3 Å². The molecule has 15 heavy (non-hydrogen) atoms. The summed E-state index contributed by atoms with van der Waals surface area (Å²) in [4.78, 5) is 10.9. The van der Waals surface area contributed by atoms with E-state index in [9.17, 15) is 4.79 Å². The molecule has 1 aliphatic rings. The molecule has 1 heterocycles. The highest BCUT2D eigenvalue weighted by molar-refractivity contribution is 6.05. The van der Waals surface area contributed by atoms with Crippen LogP contribution in [0.2, 0.25) is 0 Å². The number of nitrogens with zero attached hydrogens (tertiary/aromatic N) is 1. The molecule has 0 radical (unpaired) electrons. The van der Waals surface area contributed by atoms with Gasteiger partial charge in [0.05, 0.1) is 12.8 Å². The number of carbonyl (C=O) groups is 1. The molecule has 0 saturated heterocycles. The first-order valence-corrected chi connectivity index (χ1v) is 4.80. The number of nitrogens with one attached hydrogen (secondary N) is 1. The van der Waals surface area contributed by atoms with Gasteiger partial charge in [0.2, 0.25) is 5.91 Å². The van der Waals surface area contributed by atoms with Crippen LogP contribution in [0.5, 0.6) is 5.75 Å². The average Bonchev–Trinajstić information content (AvgIpc) is 2.30. The summed E-state index contributed by atoms with van der Waals surface area (Å²) in [6.07, 6.45) is 1.14. The second kappa shape index (κ2) is 4.13. The fourth-order valence-corrected chi connectivity index (χ4v) is 1.55. The number of ether oxygens (including phenoxy) is 1. The van der Waals surface area contributed by atoms with Gasteiger partial charge in [-0.2, -0.15) is 5.10 Å². The highest BCUT2D eigenvalue weighted by Gasteiger charge is 2.15. The van der Waals surface area contributed by atoms with Crippen LogP contribution in [0.15, 0.2) is 29.4 Å². The quantitative estimate of drug-likeness (QED) is 0.789. The third-order valence-electron chi connectivity index (χ3n) is 2.32. The molecule has 0 saturated carbocycles. The van der Waals surface area contributed by atoms with E-state index in [0.717, 1.165) is 17.0 Å². The number of amides is 1. The first-order chi connectivity index (χ1) is 7.31. The van der Waals surface area contributed by atoms with Crippen molar-refractivity contribution in [1.82, 2.24) is 5.43 Å². The van der Waals surface area contributed by atoms with Crippen molar-refractivity contribution in [2.45, 2.75) is 12.8 Å². The summed E-state index contributed by atoms with van der Waals surface area (Å²) < 4.78 is 5.23. The Kier molecular flexibility index (Phi) is 2.67. The van der Waals surface area contributed by atoms with Crippen LogP contribution >= 0.6 is 0 Å². The second-order valence-electron chi connectivity index (χ2n) is 3.29. The van der Waals surface area contributed by atoms with E-state index >= 15 is 0 Å². The average molecular weight is 204 g/mol. The summed E-state index contributed by atoms with van der Waals surface area (Å²) in [6.45, 7) is 0. The normalized spacial score (nSPS) is 15.5. The molecule has 0 bridgehead atoms. The summed E-state index contributed by atoms with van der Waals surface area (Å²) >= 11 is 0. The molecule has 1 aromatic carbocycles. The monoisotopic (exact) mass is 204 g/mol. The van der Waals surface area contributed by atoms with Gasteiger partial charge in [-0.15, -0.1) is 0 Å². The molecule has 0 spiro atoms. The molecule has 78 valence electrons. The maximum atomic E-state index is 10.9. The molecular formula is C11H12N2O2. The van der Waals surface area contributed by atoms with E-state index < -0.39 is 0 Å². The van der Waals surface area contributed by atoms with Gasteiger partial charge in [0.1, 0.15) is 5.75 Å². The van der Waals surface area contributed by atoms with Crippen LogP contribution in [0.4, 0.5) is 0 Å². The van der Waals surface area contributed by atoms with Gasteiger partial charge in [-0.1, -0.05) is 12.1 Å². The number of benzene rings is 1. The number of rotatable bonds is 2. The molecule has 0 aliphatic carbocycles. The summed E-state index contributed by atoms with van der Waals surface area (Å²) in [5.74, 6) is 0.751. The largest absolute Gasteiger partial charge is 0.496 e. The predicted octanol–water partition coefficient (Wildman–Crippen LogP) is 1.31. The van der Waals surface area contributed by atoms with E-state index in [4.69, 9.17) is 4.74 Å². The number of hydrogen-bond acceptors (Lipinski definition) is 3. The van der Waals surface area contributed by atoms with Crippen LogP contribution < -0.4 is 10.2 Å². The van der Waals surface area contributed by atoms with Crippen molar-refractivity contribution in [3.8, 4) is 5.75 Å². The first kappa shape index (κ1) is 9.71. The van der Waals surface area contributed by atoms with Crippen LogP contribution in [-0.4, -0.2) is 18.7 Å². The molecule has 1 aliphatic heterocycles. The summed E-state index contributed by atoms with van der Waals surface area (Å²) in [5.41, 5.74) is 4.29. The van der Waals surface area contributed by atoms with Crippen molar-refractivity contribution < 1.29 is 9.53 Å². The van der Waals surface area contributed by atoms with Crippen LogP contribution in [0.3, 0.4) is 0 Å². The molecule has 1 amide bonds. The van der Waals surface area contributed by atoms with E-state index in [0.29, 0.717) is 12.8 Å². The Morgan fingerprint density at radius 1 is 1.33 bits per heavy atom. The fraction of sp³-hybridized carbons (Fsp3) is 0.273. The number of para-hydroxylation sites is 1. The summed E-state index contributed by atoms with van der Waals surface area (Å²) in [5, 5.41) is 4.03. The lowest BCUT2D eigenvalue weighted by Crippen LogP contribution is -2.26. The number of methoxy groups -OCH3 is 1. The molecule has 0 fully saturated rings. The zero-order valence-electron chi connectivity index (χ0n) is 8.49. The van der Waals surface area contributed by atoms with Crippen molar-refractivity contribution in [2.24, 2.45) is 5.10 Å². The van der Waals surface area contributed by atoms with E-state index in [-0.39, 0.29) is 5.91 Å². The lowest BCUT2D eigenvalue weighted by atomic mass is 10.0. The first-order valence-electron chi connectivity index (χ1n) is 4.80. The summed E-state index contributed by atoms with van der Waals surface area (Å²) in [7, 11) is 1.63. The Hall–Kier alpha value is -1.84. The molecule has 4 nitrogen and oxygen atoms in total. The molecule has 0 aromatic heterocycles. The van der Waals surface area contributed by atoms with Crippen molar-refractivity contribution >= 4 is 11.6 Å². The molecule has 0 unspecified atom stereocenters. The zero-order valence-corrected chi connectivity index (χ0v) is 8.49. The highest BCUT2D eigenvalue weighted by atomic mass is 16.5. The Bertz CT molecular complexity index is 413. The molecule has 1 aromatic rings. The molecule has 0 atom stereocenters.